The minimum Gasteiger partial charge on any atom is -0.309 e. The average molecular weight is 583 g/mol. The number of rotatable bonds is 2. The van der Waals surface area contributed by atoms with E-state index in [0.717, 1.165) is 0 Å². The molecule has 46 heavy (non-hydrogen) atoms. The fraction of sp³-hybridized carbons (Fsp3) is 0. The van der Waals surface area contributed by atoms with Crippen molar-refractivity contribution in [2.24, 2.45) is 0 Å². The molecule has 1 aliphatic carbocycles. The van der Waals surface area contributed by atoms with E-state index >= 15 is 0 Å². The first kappa shape index (κ1) is 24.2. The van der Waals surface area contributed by atoms with E-state index < -0.39 is 0 Å². The summed E-state index contributed by atoms with van der Waals surface area (Å²) in [6, 6.07) is 58.2. The molecular weight excluding hydrogens is 556 g/mol. The molecule has 1 aliphatic rings. The Morgan fingerprint density at radius 2 is 1.00 bits per heavy atom. The Labute approximate surface area is 265 Å². The number of hydrogen-bond donors (Lipinski definition) is 0. The van der Waals surface area contributed by atoms with Crippen molar-refractivity contribution in [2.75, 3.05) is 0 Å². The summed E-state index contributed by atoms with van der Waals surface area (Å²) < 4.78 is 4.95. The van der Waals surface area contributed by atoms with Gasteiger partial charge in [0.15, 0.2) is 0 Å². The van der Waals surface area contributed by atoms with Crippen molar-refractivity contribution in [2.45, 2.75) is 0 Å². The molecule has 212 valence electrons. The van der Waals surface area contributed by atoms with Crippen molar-refractivity contribution in [1.82, 2.24) is 9.13 Å². The zero-order valence-electron chi connectivity index (χ0n) is 24.9. The van der Waals surface area contributed by atoms with Gasteiger partial charge in [-0.05, 0) is 86.3 Å². The third-order valence-electron chi connectivity index (χ3n) is 10.2. The highest BCUT2D eigenvalue weighted by atomic mass is 15.0. The van der Waals surface area contributed by atoms with E-state index in [1.54, 1.807) is 0 Å². The monoisotopic (exact) mass is 582 g/mol. The molecule has 2 heterocycles. The van der Waals surface area contributed by atoms with Gasteiger partial charge in [-0.2, -0.15) is 0 Å². The van der Waals surface area contributed by atoms with Gasteiger partial charge in [0.1, 0.15) is 0 Å². The number of aromatic nitrogens is 2. The van der Waals surface area contributed by atoms with Crippen LogP contribution in [0.1, 0.15) is 0 Å². The highest BCUT2D eigenvalue weighted by molar-refractivity contribution is 6.30. The lowest BCUT2D eigenvalue weighted by Gasteiger charge is -2.12. The molecule has 0 spiro atoms. The highest BCUT2D eigenvalue weighted by Gasteiger charge is 2.25. The Balaban J connectivity index is 1.33. The Kier molecular flexibility index (Phi) is 4.61. The SMILES string of the molecule is c1ccc(-n2c3ccccc3c3c2ccc2c4c5ccccc5ccc4n(-c4ccc5c(c4)-c4cccc6cccc-5c46)c23)cc1. The second kappa shape index (κ2) is 8.74. The van der Waals surface area contributed by atoms with Crippen molar-refractivity contribution < 1.29 is 0 Å². The molecule has 11 rings (SSSR count). The van der Waals surface area contributed by atoms with Gasteiger partial charge in [0.25, 0.3) is 0 Å². The smallest absolute Gasteiger partial charge is 0.0641 e. The zero-order valence-corrected chi connectivity index (χ0v) is 24.9. The van der Waals surface area contributed by atoms with Gasteiger partial charge in [-0.3, -0.25) is 0 Å². The summed E-state index contributed by atoms with van der Waals surface area (Å²) in [7, 11) is 0. The van der Waals surface area contributed by atoms with Gasteiger partial charge in [-0.25, -0.2) is 0 Å². The Morgan fingerprint density at radius 3 is 1.87 bits per heavy atom. The maximum Gasteiger partial charge on any atom is 0.0641 e. The van der Waals surface area contributed by atoms with E-state index in [2.05, 4.69) is 167 Å². The van der Waals surface area contributed by atoms with Crippen LogP contribution in [0.25, 0.3) is 98.8 Å². The van der Waals surface area contributed by atoms with Crippen molar-refractivity contribution >= 4 is 65.2 Å². The van der Waals surface area contributed by atoms with Crippen molar-refractivity contribution in [1.29, 1.82) is 0 Å². The summed E-state index contributed by atoms with van der Waals surface area (Å²) in [6.45, 7) is 0. The van der Waals surface area contributed by atoms with Crippen LogP contribution in [0.15, 0.2) is 158 Å². The Hall–Kier alpha value is -6.12. The van der Waals surface area contributed by atoms with Gasteiger partial charge in [0, 0.05) is 32.9 Å². The van der Waals surface area contributed by atoms with E-state index in [1.807, 2.05) is 0 Å². The first-order chi connectivity index (χ1) is 22.8. The fourth-order valence-corrected chi connectivity index (χ4v) is 8.37. The van der Waals surface area contributed by atoms with Crippen LogP contribution in [0.5, 0.6) is 0 Å². The topological polar surface area (TPSA) is 9.86 Å². The van der Waals surface area contributed by atoms with E-state index in [0.29, 0.717) is 0 Å². The van der Waals surface area contributed by atoms with Gasteiger partial charge in [0.2, 0.25) is 0 Å². The number of hydrogen-bond acceptors (Lipinski definition) is 0. The summed E-state index contributed by atoms with van der Waals surface area (Å²) in [6.07, 6.45) is 0. The predicted molar refractivity (Wildman–Crippen MR) is 195 cm³/mol. The second-order valence-electron chi connectivity index (χ2n) is 12.5. The molecule has 0 aliphatic heterocycles. The molecule has 0 unspecified atom stereocenters. The van der Waals surface area contributed by atoms with Crippen LogP contribution >= 0.6 is 0 Å². The molecule has 0 N–H and O–H groups in total. The molecular formula is C44H26N2. The second-order valence-corrected chi connectivity index (χ2v) is 12.5. The quantitative estimate of drug-likeness (QED) is 0.192. The summed E-state index contributed by atoms with van der Waals surface area (Å²) in [5.74, 6) is 0. The summed E-state index contributed by atoms with van der Waals surface area (Å²) in [5.41, 5.74) is 12.5. The lowest BCUT2D eigenvalue weighted by atomic mass is 10.0. The Morgan fingerprint density at radius 1 is 0.304 bits per heavy atom. The molecule has 10 aromatic rings. The van der Waals surface area contributed by atoms with Gasteiger partial charge >= 0.3 is 0 Å². The predicted octanol–water partition coefficient (Wildman–Crippen LogP) is 11.8. The molecule has 0 saturated heterocycles. The molecule has 0 amide bonds. The molecule has 0 atom stereocenters. The van der Waals surface area contributed by atoms with Crippen LogP contribution in [-0.4, -0.2) is 9.13 Å². The largest absolute Gasteiger partial charge is 0.309 e. The molecule has 2 aromatic heterocycles. The number of nitrogens with zero attached hydrogens (tertiary/aromatic N) is 2. The minimum absolute atomic E-state index is 1.17. The van der Waals surface area contributed by atoms with Gasteiger partial charge in [-0.15, -0.1) is 0 Å². The maximum atomic E-state index is 2.53. The minimum atomic E-state index is 1.17. The lowest BCUT2D eigenvalue weighted by molar-refractivity contribution is 1.17. The van der Waals surface area contributed by atoms with Crippen LogP contribution in [0.4, 0.5) is 0 Å². The fourth-order valence-electron chi connectivity index (χ4n) is 8.37. The molecule has 0 bridgehead atoms. The van der Waals surface area contributed by atoms with E-state index in [4.69, 9.17) is 0 Å². The summed E-state index contributed by atoms with van der Waals surface area (Å²) in [5, 5.41) is 10.3. The summed E-state index contributed by atoms with van der Waals surface area (Å²) in [4.78, 5) is 0. The molecule has 0 saturated carbocycles. The van der Waals surface area contributed by atoms with Crippen molar-refractivity contribution in [3.63, 3.8) is 0 Å². The standard InChI is InChI=1S/C44H26N2/c1-2-13-29(14-3-1)45-38-19-7-6-16-35(38)43-40(45)25-23-36-42-31-15-5-4-10-27(31)20-24-39(42)46(44(36)43)30-21-22-32-33-17-8-11-28-12-9-18-34(41(28)33)37(32)26-30/h1-26H. The third kappa shape index (κ3) is 3.01. The van der Waals surface area contributed by atoms with Crippen LogP contribution < -0.4 is 0 Å². The van der Waals surface area contributed by atoms with Crippen molar-refractivity contribution in [3.8, 4) is 33.6 Å². The summed E-state index contributed by atoms with van der Waals surface area (Å²) >= 11 is 0. The maximum absolute atomic E-state index is 2.53. The third-order valence-corrected chi connectivity index (χ3v) is 10.2. The first-order valence-corrected chi connectivity index (χ1v) is 16.0. The molecule has 0 radical (unpaired) electrons. The van der Waals surface area contributed by atoms with Gasteiger partial charge in [0.05, 0.1) is 22.1 Å². The molecule has 2 nitrogen and oxygen atoms in total. The Bertz CT molecular complexity index is 2900. The number of benzene rings is 8. The molecule has 8 aromatic carbocycles. The van der Waals surface area contributed by atoms with Crippen LogP contribution in [0.2, 0.25) is 0 Å². The van der Waals surface area contributed by atoms with E-state index in [-0.39, 0.29) is 0 Å². The van der Waals surface area contributed by atoms with Crippen LogP contribution in [-0.2, 0) is 0 Å². The van der Waals surface area contributed by atoms with E-state index in [1.165, 1.54) is 98.8 Å². The van der Waals surface area contributed by atoms with Crippen LogP contribution in [0.3, 0.4) is 0 Å². The van der Waals surface area contributed by atoms with Gasteiger partial charge < -0.3 is 9.13 Å². The lowest BCUT2D eigenvalue weighted by Crippen LogP contribution is -1.96. The normalized spacial score (nSPS) is 12.3. The van der Waals surface area contributed by atoms with Crippen molar-refractivity contribution in [3.05, 3.63) is 158 Å². The zero-order chi connectivity index (χ0) is 29.9. The molecule has 2 heteroatoms. The number of para-hydroxylation sites is 2. The molecule has 0 fully saturated rings. The average Bonchev–Trinajstić information content (AvgIpc) is 3.75. The highest BCUT2D eigenvalue weighted by Crippen LogP contribution is 2.49. The first-order valence-electron chi connectivity index (χ1n) is 16.0. The van der Waals surface area contributed by atoms with Gasteiger partial charge in [-0.1, -0.05) is 115 Å². The van der Waals surface area contributed by atoms with E-state index in [9.17, 15) is 0 Å². The van der Waals surface area contributed by atoms with Crippen LogP contribution in [0, 0.1) is 0 Å². The number of fused-ring (bicyclic) bond motifs is 12.